The van der Waals surface area contributed by atoms with Crippen molar-refractivity contribution in [2.45, 2.75) is 76.5 Å². The van der Waals surface area contributed by atoms with E-state index in [1.807, 2.05) is 20.1 Å². The first-order chi connectivity index (χ1) is 16.5. The third-order valence-corrected chi connectivity index (χ3v) is 6.33. The number of amides is 3. The molecule has 13 heteroatoms. The van der Waals surface area contributed by atoms with E-state index in [2.05, 4.69) is 15.6 Å². The Kier molecular flexibility index (Phi) is 13.5. The van der Waals surface area contributed by atoms with Crippen LogP contribution < -0.4 is 27.8 Å². The molecule has 35 heavy (non-hydrogen) atoms. The molecule has 9 N–H and O–H groups in total. The van der Waals surface area contributed by atoms with Gasteiger partial charge in [-0.05, 0) is 56.5 Å². The van der Waals surface area contributed by atoms with Gasteiger partial charge in [0.15, 0.2) is 5.96 Å². The number of nitrogens with two attached hydrogens (primary N) is 3. The Morgan fingerprint density at radius 3 is 2.40 bits per heavy atom. The summed E-state index contributed by atoms with van der Waals surface area (Å²) in [6, 6.07) is -3.52. The maximum atomic E-state index is 13.1. The number of nitrogens with zero attached hydrogens (tertiary/aromatic N) is 2. The van der Waals surface area contributed by atoms with E-state index < -0.39 is 42.0 Å². The molecule has 1 saturated heterocycles. The lowest BCUT2D eigenvalue weighted by atomic mass is 10.0. The lowest BCUT2D eigenvalue weighted by molar-refractivity contribution is -0.143. The molecule has 1 aliphatic heterocycles. The Balaban J connectivity index is 2.94. The molecule has 1 aliphatic rings. The largest absolute Gasteiger partial charge is 0.480 e. The van der Waals surface area contributed by atoms with Crippen LogP contribution in [0.5, 0.6) is 0 Å². The summed E-state index contributed by atoms with van der Waals surface area (Å²) >= 11 is 1.59. The van der Waals surface area contributed by atoms with Crippen molar-refractivity contribution in [2.24, 2.45) is 28.1 Å². The van der Waals surface area contributed by atoms with Crippen LogP contribution in [0.2, 0.25) is 0 Å². The summed E-state index contributed by atoms with van der Waals surface area (Å²) in [4.78, 5) is 55.9. The van der Waals surface area contributed by atoms with Gasteiger partial charge in [-0.3, -0.25) is 19.4 Å². The highest BCUT2D eigenvalue weighted by Gasteiger charge is 2.37. The fourth-order valence-corrected chi connectivity index (χ4v) is 4.38. The molecule has 1 heterocycles. The fourth-order valence-electron chi connectivity index (χ4n) is 3.89. The second-order valence-electron chi connectivity index (χ2n) is 9.12. The van der Waals surface area contributed by atoms with E-state index in [4.69, 9.17) is 17.2 Å². The molecule has 0 aliphatic carbocycles. The number of aliphatic imine (C=N–C) groups is 1. The molecule has 3 amide bonds. The SMILES string of the molecule is CSCCC(N)C(=O)N1CCCC1C(=O)NC(CCCN=C(N)N)C(=O)NC(CC(C)C)C(=O)O. The number of guanidine groups is 1. The number of nitrogens with one attached hydrogen (secondary N) is 2. The number of carbonyl (C=O) groups is 4. The fraction of sp³-hybridized carbons (Fsp3) is 0.773. The molecule has 0 saturated carbocycles. The highest BCUT2D eigenvalue weighted by molar-refractivity contribution is 7.98. The van der Waals surface area contributed by atoms with Gasteiger partial charge in [-0.2, -0.15) is 11.8 Å². The van der Waals surface area contributed by atoms with Gasteiger partial charge in [-0.25, -0.2) is 4.79 Å². The number of likely N-dealkylation sites (tertiary alicyclic amines) is 1. The third-order valence-electron chi connectivity index (χ3n) is 5.69. The van der Waals surface area contributed by atoms with E-state index in [0.717, 1.165) is 5.75 Å². The van der Waals surface area contributed by atoms with Crippen molar-refractivity contribution in [2.75, 3.05) is 25.1 Å². The van der Waals surface area contributed by atoms with Gasteiger partial charge in [0.05, 0.1) is 6.04 Å². The van der Waals surface area contributed by atoms with Crippen LogP contribution in [-0.2, 0) is 19.2 Å². The minimum atomic E-state index is -1.15. The second kappa shape index (κ2) is 15.5. The van der Waals surface area contributed by atoms with Crippen molar-refractivity contribution in [3.05, 3.63) is 0 Å². The lowest BCUT2D eigenvalue weighted by Gasteiger charge is -2.28. The van der Waals surface area contributed by atoms with E-state index in [1.165, 1.54) is 4.90 Å². The van der Waals surface area contributed by atoms with Crippen molar-refractivity contribution in [1.82, 2.24) is 15.5 Å². The Labute approximate surface area is 211 Å². The number of carbonyl (C=O) groups excluding carboxylic acids is 3. The van der Waals surface area contributed by atoms with Gasteiger partial charge >= 0.3 is 5.97 Å². The first kappa shape index (κ1) is 30.5. The molecule has 0 radical (unpaired) electrons. The van der Waals surface area contributed by atoms with E-state index in [9.17, 15) is 24.3 Å². The zero-order chi connectivity index (χ0) is 26.5. The zero-order valence-electron chi connectivity index (χ0n) is 20.9. The Morgan fingerprint density at radius 2 is 1.83 bits per heavy atom. The summed E-state index contributed by atoms with van der Waals surface area (Å²) in [7, 11) is 0. The van der Waals surface area contributed by atoms with Crippen molar-refractivity contribution < 1.29 is 24.3 Å². The summed E-state index contributed by atoms with van der Waals surface area (Å²) in [6.07, 6.45) is 4.36. The number of aliphatic carboxylic acids is 1. The normalized spacial score (nSPS) is 18.0. The van der Waals surface area contributed by atoms with Gasteiger partial charge in [-0.1, -0.05) is 13.8 Å². The molecule has 0 aromatic rings. The van der Waals surface area contributed by atoms with Crippen LogP contribution in [0.15, 0.2) is 4.99 Å². The quantitative estimate of drug-likeness (QED) is 0.0916. The van der Waals surface area contributed by atoms with E-state index in [-0.39, 0.29) is 37.2 Å². The molecule has 4 atom stereocenters. The molecule has 0 bridgehead atoms. The maximum Gasteiger partial charge on any atom is 0.326 e. The average molecular weight is 516 g/mol. The van der Waals surface area contributed by atoms with Gasteiger partial charge in [0, 0.05) is 13.1 Å². The number of carboxylic acids is 1. The minimum Gasteiger partial charge on any atom is -0.480 e. The van der Waals surface area contributed by atoms with Crippen LogP contribution in [-0.4, -0.2) is 88.9 Å². The van der Waals surface area contributed by atoms with Gasteiger partial charge in [0.25, 0.3) is 0 Å². The predicted molar refractivity (Wildman–Crippen MR) is 137 cm³/mol. The first-order valence-corrected chi connectivity index (χ1v) is 13.3. The van der Waals surface area contributed by atoms with Crippen LogP contribution in [0.4, 0.5) is 0 Å². The average Bonchev–Trinajstić information content (AvgIpc) is 3.27. The zero-order valence-corrected chi connectivity index (χ0v) is 21.7. The minimum absolute atomic E-state index is 0.0414. The highest BCUT2D eigenvalue weighted by atomic mass is 32.2. The molecule has 200 valence electrons. The van der Waals surface area contributed by atoms with Gasteiger partial charge in [0.2, 0.25) is 17.7 Å². The van der Waals surface area contributed by atoms with Crippen LogP contribution >= 0.6 is 11.8 Å². The molecule has 1 fully saturated rings. The van der Waals surface area contributed by atoms with Gasteiger partial charge in [-0.15, -0.1) is 0 Å². The number of thioether (sulfide) groups is 1. The van der Waals surface area contributed by atoms with Gasteiger partial charge in [0.1, 0.15) is 18.1 Å². The number of carboxylic acid groups (broad SMARTS) is 1. The summed E-state index contributed by atoms with van der Waals surface area (Å²) in [5.74, 6) is -1.82. The number of rotatable bonds is 15. The van der Waals surface area contributed by atoms with Crippen molar-refractivity contribution >= 4 is 41.4 Å². The Hall–Kier alpha value is -2.54. The van der Waals surface area contributed by atoms with Gasteiger partial charge < -0.3 is 37.8 Å². The third kappa shape index (κ3) is 10.7. The number of hydrogen-bond acceptors (Lipinski definition) is 7. The standard InChI is InChI=1S/C22H41N7O5S/c1-13(2)12-16(21(33)34)28-18(30)15(6-4-9-26-22(24)25)27-19(31)17-7-5-10-29(17)20(32)14(23)8-11-35-3/h13-17H,4-12,23H2,1-3H3,(H,27,31)(H,28,30)(H,33,34)(H4,24,25,26). The molecular formula is C22H41N7O5S. The first-order valence-electron chi connectivity index (χ1n) is 11.9. The summed E-state index contributed by atoms with van der Waals surface area (Å²) in [6.45, 7) is 4.37. The smallest absolute Gasteiger partial charge is 0.326 e. The lowest BCUT2D eigenvalue weighted by Crippen LogP contribution is -2.56. The predicted octanol–water partition coefficient (Wildman–Crippen LogP) is -0.788. The van der Waals surface area contributed by atoms with Crippen molar-refractivity contribution in [3.8, 4) is 0 Å². The molecular weight excluding hydrogens is 474 g/mol. The number of hydrogen-bond donors (Lipinski definition) is 6. The van der Waals surface area contributed by atoms with Crippen LogP contribution in [0, 0.1) is 5.92 Å². The highest BCUT2D eigenvalue weighted by Crippen LogP contribution is 2.20. The van der Waals surface area contributed by atoms with E-state index in [0.29, 0.717) is 32.2 Å². The summed E-state index contributed by atoms with van der Waals surface area (Å²) in [5, 5.41) is 14.7. The monoisotopic (exact) mass is 515 g/mol. The van der Waals surface area contributed by atoms with Crippen molar-refractivity contribution in [1.29, 1.82) is 0 Å². The molecule has 0 aromatic carbocycles. The van der Waals surface area contributed by atoms with E-state index in [1.54, 1.807) is 11.8 Å². The van der Waals surface area contributed by atoms with Crippen LogP contribution in [0.25, 0.3) is 0 Å². The molecule has 1 rings (SSSR count). The Bertz CT molecular complexity index is 760. The molecule has 0 aromatic heterocycles. The molecule has 0 spiro atoms. The Morgan fingerprint density at radius 1 is 1.14 bits per heavy atom. The van der Waals surface area contributed by atoms with Crippen LogP contribution in [0.3, 0.4) is 0 Å². The summed E-state index contributed by atoms with van der Waals surface area (Å²) < 4.78 is 0. The van der Waals surface area contributed by atoms with Crippen LogP contribution in [0.1, 0.15) is 52.4 Å². The molecule has 12 nitrogen and oxygen atoms in total. The second-order valence-corrected chi connectivity index (χ2v) is 10.1. The van der Waals surface area contributed by atoms with Crippen molar-refractivity contribution in [3.63, 3.8) is 0 Å². The molecule has 4 unspecified atom stereocenters. The van der Waals surface area contributed by atoms with E-state index >= 15 is 0 Å². The summed E-state index contributed by atoms with van der Waals surface area (Å²) in [5.41, 5.74) is 16.7. The topological polar surface area (TPSA) is 206 Å². The maximum absolute atomic E-state index is 13.1.